The second-order valence-electron chi connectivity index (χ2n) is 8.85. The van der Waals surface area contributed by atoms with E-state index in [1.165, 1.54) is 18.2 Å². The lowest BCUT2D eigenvalue weighted by Gasteiger charge is -2.31. The second-order valence-corrected chi connectivity index (χ2v) is 8.85. The minimum Gasteiger partial charge on any atom is -0.490 e. The third-order valence-electron chi connectivity index (χ3n) is 6.61. The Balaban J connectivity index is 1.62. The van der Waals surface area contributed by atoms with Crippen molar-refractivity contribution in [3.8, 4) is 5.75 Å². The summed E-state index contributed by atoms with van der Waals surface area (Å²) in [6.45, 7) is 0.804. The number of nitrogens with zero attached hydrogens (tertiary/aromatic N) is 1. The quantitative estimate of drug-likeness (QED) is 0.454. The molecule has 2 aliphatic rings. The van der Waals surface area contributed by atoms with Gasteiger partial charge in [-0.1, -0.05) is 24.3 Å². The van der Waals surface area contributed by atoms with Gasteiger partial charge in [0, 0.05) is 19.5 Å². The number of carbonyl (C=O) groups is 1. The Hall–Kier alpha value is -2.45. The summed E-state index contributed by atoms with van der Waals surface area (Å²) in [5, 5.41) is 0.349. The molecule has 0 N–H and O–H groups in total. The van der Waals surface area contributed by atoms with Gasteiger partial charge in [-0.2, -0.15) is 26.3 Å². The SMILES string of the molecule is O=C1CCCCN1Cc1cccc2c(C(F)(F)F)c(OC3CCC(C(F)(F)F)CC3)ccc12. The summed E-state index contributed by atoms with van der Waals surface area (Å²) in [5.41, 5.74) is -0.310. The summed E-state index contributed by atoms with van der Waals surface area (Å²) in [4.78, 5) is 13.8. The zero-order chi connectivity index (χ0) is 23.8. The molecule has 2 aromatic carbocycles. The number of rotatable bonds is 4. The molecule has 0 atom stereocenters. The van der Waals surface area contributed by atoms with Crippen LogP contribution in [0.25, 0.3) is 10.8 Å². The summed E-state index contributed by atoms with van der Waals surface area (Å²) in [6.07, 6.45) is -7.80. The second kappa shape index (κ2) is 9.06. The van der Waals surface area contributed by atoms with Gasteiger partial charge in [0.15, 0.2) is 0 Å². The molecular formula is C24H25F6NO2. The molecule has 1 amide bonds. The Morgan fingerprint density at radius 1 is 0.909 bits per heavy atom. The molecule has 2 fully saturated rings. The molecule has 1 aliphatic heterocycles. The first-order valence-corrected chi connectivity index (χ1v) is 11.2. The topological polar surface area (TPSA) is 29.5 Å². The van der Waals surface area contributed by atoms with Gasteiger partial charge in [-0.3, -0.25) is 4.79 Å². The molecule has 1 aliphatic carbocycles. The number of carbonyl (C=O) groups excluding carboxylic acids is 1. The first-order valence-electron chi connectivity index (χ1n) is 11.2. The van der Waals surface area contributed by atoms with Crippen LogP contribution in [0.4, 0.5) is 26.3 Å². The number of piperidine rings is 1. The highest BCUT2D eigenvalue weighted by Crippen LogP contribution is 2.44. The van der Waals surface area contributed by atoms with E-state index in [4.69, 9.17) is 4.74 Å². The number of benzene rings is 2. The van der Waals surface area contributed by atoms with Crippen LogP contribution >= 0.6 is 0 Å². The van der Waals surface area contributed by atoms with Gasteiger partial charge in [0.25, 0.3) is 0 Å². The number of likely N-dealkylation sites (tertiary alicyclic amines) is 1. The van der Waals surface area contributed by atoms with Crippen molar-refractivity contribution < 1.29 is 35.9 Å². The smallest absolute Gasteiger partial charge is 0.420 e. The first-order chi connectivity index (χ1) is 15.5. The van der Waals surface area contributed by atoms with Gasteiger partial charge in [0.05, 0.1) is 12.0 Å². The highest BCUT2D eigenvalue weighted by atomic mass is 19.4. The van der Waals surface area contributed by atoms with E-state index < -0.39 is 29.9 Å². The molecule has 0 radical (unpaired) electrons. The van der Waals surface area contributed by atoms with Gasteiger partial charge in [0.2, 0.25) is 5.91 Å². The summed E-state index contributed by atoms with van der Waals surface area (Å²) >= 11 is 0. The van der Waals surface area contributed by atoms with Crippen LogP contribution in [0, 0.1) is 5.92 Å². The zero-order valence-electron chi connectivity index (χ0n) is 17.9. The minimum atomic E-state index is -4.71. The molecule has 3 nitrogen and oxygen atoms in total. The summed E-state index contributed by atoms with van der Waals surface area (Å²) in [5.74, 6) is -1.81. The van der Waals surface area contributed by atoms with Crippen molar-refractivity contribution in [2.24, 2.45) is 5.92 Å². The van der Waals surface area contributed by atoms with E-state index in [0.29, 0.717) is 23.9 Å². The number of fused-ring (bicyclic) bond motifs is 1. The van der Waals surface area contributed by atoms with E-state index in [0.717, 1.165) is 12.8 Å². The van der Waals surface area contributed by atoms with Crippen LogP contribution in [-0.4, -0.2) is 29.6 Å². The number of hydrogen-bond acceptors (Lipinski definition) is 2. The average molecular weight is 473 g/mol. The fourth-order valence-electron chi connectivity index (χ4n) is 4.85. The van der Waals surface area contributed by atoms with Crippen LogP contribution in [0.2, 0.25) is 0 Å². The molecule has 0 spiro atoms. The third kappa shape index (κ3) is 5.22. The van der Waals surface area contributed by atoms with Crippen molar-refractivity contribution in [3.63, 3.8) is 0 Å². The lowest BCUT2D eigenvalue weighted by molar-refractivity contribution is -0.185. The molecule has 0 aromatic heterocycles. The molecule has 180 valence electrons. The fraction of sp³-hybridized carbons (Fsp3) is 0.542. The maximum Gasteiger partial charge on any atom is 0.420 e. The molecule has 33 heavy (non-hydrogen) atoms. The van der Waals surface area contributed by atoms with Crippen molar-refractivity contribution in [2.75, 3.05) is 6.54 Å². The predicted octanol–water partition coefficient (Wildman–Crippen LogP) is 6.87. The highest BCUT2D eigenvalue weighted by Gasteiger charge is 2.43. The maximum absolute atomic E-state index is 14.1. The van der Waals surface area contributed by atoms with Gasteiger partial charge in [-0.15, -0.1) is 0 Å². The van der Waals surface area contributed by atoms with Gasteiger partial charge in [-0.05, 0) is 60.9 Å². The highest BCUT2D eigenvalue weighted by molar-refractivity contribution is 5.91. The van der Waals surface area contributed by atoms with Crippen LogP contribution in [0.15, 0.2) is 30.3 Å². The van der Waals surface area contributed by atoms with E-state index in [2.05, 4.69) is 0 Å². The number of ether oxygens (including phenoxy) is 1. The van der Waals surface area contributed by atoms with Gasteiger partial charge >= 0.3 is 12.4 Å². The van der Waals surface area contributed by atoms with E-state index >= 15 is 0 Å². The first kappa shape index (κ1) is 23.7. The Bertz CT molecular complexity index is 1010. The van der Waals surface area contributed by atoms with Crippen molar-refractivity contribution in [2.45, 2.75) is 69.9 Å². The lowest BCUT2D eigenvalue weighted by Crippen LogP contribution is -2.34. The molecule has 0 unspecified atom stereocenters. The normalized spacial score (nSPS) is 22.6. The maximum atomic E-state index is 14.1. The van der Waals surface area contributed by atoms with Crippen LogP contribution in [0.5, 0.6) is 5.75 Å². The Kier molecular flexibility index (Phi) is 6.51. The standard InChI is InChI=1S/C24H25F6NO2/c25-23(26,27)16-7-9-17(10-8-16)33-20-12-11-18-15(14-31-13-2-1-6-21(31)32)4-3-5-19(18)22(20)24(28,29)30/h3-5,11-12,16-17H,1-2,6-10,13-14H2. The molecule has 2 aromatic rings. The molecule has 1 saturated heterocycles. The van der Waals surface area contributed by atoms with Crippen molar-refractivity contribution in [1.82, 2.24) is 4.90 Å². The molecule has 4 rings (SSSR count). The largest absolute Gasteiger partial charge is 0.490 e. The fourth-order valence-corrected chi connectivity index (χ4v) is 4.85. The molecule has 1 saturated carbocycles. The Labute approximate surface area is 187 Å². The average Bonchev–Trinajstić information content (AvgIpc) is 2.74. The number of halogens is 6. The van der Waals surface area contributed by atoms with E-state index in [9.17, 15) is 31.1 Å². The van der Waals surface area contributed by atoms with Crippen LogP contribution < -0.4 is 4.74 Å². The van der Waals surface area contributed by atoms with Gasteiger partial charge in [-0.25, -0.2) is 0 Å². The summed E-state index contributed by atoms with van der Waals surface area (Å²) < 4.78 is 86.7. The van der Waals surface area contributed by atoms with E-state index in [1.807, 2.05) is 0 Å². The van der Waals surface area contributed by atoms with E-state index in [-0.39, 0.29) is 49.3 Å². The zero-order valence-corrected chi connectivity index (χ0v) is 17.9. The lowest BCUT2D eigenvalue weighted by atomic mass is 9.87. The molecule has 0 bridgehead atoms. The van der Waals surface area contributed by atoms with Gasteiger partial charge in [0.1, 0.15) is 11.3 Å². The monoisotopic (exact) mass is 473 g/mol. The van der Waals surface area contributed by atoms with Crippen LogP contribution in [-0.2, 0) is 17.5 Å². The molecule has 9 heteroatoms. The number of hydrogen-bond donors (Lipinski definition) is 0. The van der Waals surface area contributed by atoms with Crippen LogP contribution in [0.3, 0.4) is 0 Å². The van der Waals surface area contributed by atoms with Crippen molar-refractivity contribution in [1.29, 1.82) is 0 Å². The van der Waals surface area contributed by atoms with E-state index in [1.54, 1.807) is 17.0 Å². The summed E-state index contributed by atoms with van der Waals surface area (Å²) in [6, 6.07) is 7.41. The minimum absolute atomic E-state index is 0.0105. The summed E-state index contributed by atoms with van der Waals surface area (Å²) in [7, 11) is 0. The molecule has 1 heterocycles. The van der Waals surface area contributed by atoms with Gasteiger partial charge < -0.3 is 9.64 Å². The van der Waals surface area contributed by atoms with Crippen molar-refractivity contribution >= 4 is 16.7 Å². The molecular weight excluding hydrogens is 448 g/mol. The van der Waals surface area contributed by atoms with Crippen molar-refractivity contribution in [3.05, 3.63) is 41.5 Å². The van der Waals surface area contributed by atoms with Crippen LogP contribution in [0.1, 0.15) is 56.1 Å². The number of alkyl halides is 6. The third-order valence-corrected chi connectivity index (χ3v) is 6.61. The predicted molar refractivity (Wildman–Crippen MR) is 111 cm³/mol. The Morgan fingerprint density at radius 3 is 2.27 bits per heavy atom. The Morgan fingerprint density at radius 2 is 1.64 bits per heavy atom. The number of amides is 1.